The van der Waals surface area contributed by atoms with Gasteiger partial charge in [0, 0.05) is 21.9 Å². The Kier molecular flexibility index (Phi) is 4.63. The second kappa shape index (κ2) is 6.68. The number of sulfone groups is 1. The molecule has 23 heavy (non-hydrogen) atoms. The number of carbonyl (C=O) groups excluding carboxylic acids is 1. The van der Waals surface area contributed by atoms with E-state index < -0.39 is 9.84 Å². The first-order valence-electron chi connectivity index (χ1n) is 7.36. The van der Waals surface area contributed by atoms with Crippen LogP contribution in [0.25, 0.3) is 16.5 Å². The first-order valence-corrected chi connectivity index (χ1v) is 10.00. The molecule has 0 radical (unpaired) electrons. The fourth-order valence-corrected chi connectivity index (χ4v) is 5.11. The van der Waals surface area contributed by atoms with Crippen molar-refractivity contribution in [3.05, 3.63) is 53.4 Å². The summed E-state index contributed by atoms with van der Waals surface area (Å²) in [7, 11) is -2.97. The summed E-state index contributed by atoms with van der Waals surface area (Å²) >= 11 is 1.61. The molecule has 1 atom stereocenters. The van der Waals surface area contributed by atoms with Gasteiger partial charge in [-0.1, -0.05) is 30.3 Å². The van der Waals surface area contributed by atoms with Gasteiger partial charge in [0.1, 0.15) is 0 Å². The molecule has 0 spiro atoms. The Morgan fingerprint density at radius 1 is 1.17 bits per heavy atom. The van der Waals surface area contributed by atoms with Crippen LogP contribution in [0.2, 0.25) is 0 Å². The van der Waals surface area contributed by atoms with E-state index in [0.29, 0.717) is 6.42 Å². The van der Waals surface area contributed by atoms with Crippen molar-refractivity contribution in [2.24, 2.45) is 0 Å². The van der Waals surface area contributed by atoms with E-state index in [1.54, 1.807) is 17.4 Å². The Bertz CT molecular complexity index is 823. The molecule has 1 aromatic heterocycles. The van der Waals surface area contributed by atoms with E-state index in [1.165, 1.54) is 6.08 Å². The van der Waals surface area contributed by atoms with Crippen LogP contribution < -0.4 is 5.32 Å². The van der Waals surface area contributed by atoms with Gasteiger partial charge in [-0.05, 0) is 30.2 Å². The van der Waals surface area contributed by atoms with E-state index in [4.69, 9.17) is 0 Å². The summed E-state index contributed by atoms with van der Waals surface area (Å²) < 4.78 is 22.7. The van der Waals surface area contributed by atoms with E-state index in [9.17, 15) is 13.2 Å². The number of amides is 1. The Morgan fingerprint density at radius 2 is 1.96 bits per heavy atom. The van der Waals surface area contributed by atoms with Gasteiger partial charge in [-0.15, -0.1) is 11.3 Å². The molecule has 1 aliphatic heterocycles. The van der Waals surface area contributed by atoms with E-state index in [0.717, 1.165) is 15.3 Å². The molecular weight excluding hydrogens is 330 g/mol. The average molecular weight is 347 g/mol. The molecule has 1 amide bonds. The largest absolute Gasteiger partial charge is 0.349 e. The van der Waals surface area contributed by atoms with Crippen molar-refractivity contribution in [3.8, 4) is 10.4 Å². The van der Waals surface area contributed by atoms with Crippen molar-refractivity contribution in [1.82, 2.24) is 5.32 Å². The van der Waals surface area contributed by atoms with Crippen molar-refractivity contribution < 1.29 is 13.2 Å². The van der Waals surface area contributed by atoms with Gasteiger partial charge >= 0.3 is 0 Å². The van der Waals surface area contributed by atoms with Gasteiger partial charge in [0.25, 0.3) is 0 Å². The zero-order chi connectivity index (χ0) is 16.3. The number of hydrogen-bond donors (Lipinski definition) is 1. The summed E-state index contributed by atoms with van der Waals surface area (Å²) in [6.45, 7) is 0. The molecule has 1 unspecified atom stereocenters. The Balaban J connectivity index is 1.60. The number of hydrogen-bond acceptors (Lipinski definition) is 4. The predicted molar refractivity (Wildman–Crippen MR) is 94.0 cm³/mol. The van der Waals surface area contributed by atoms with Crippen LogP contribution in [0.3, 0.4) is 0 Å². The summed E-state index contributed by atoms with van der Waals surface area (Å²) in [5.74, 6) is -0.0433. The fraction of sp³-hybridized carbons (Fsp3) is 0.235. The summed E-state index contributed by atoms with van der Waals surface area (Å²) in [5.41, 5.74) is 1.15. The van der Waals surface area contributed by atoms with Gasteiger partial charge in [0.05, 0.1) is 11.5 Å². The SMILES string of the molecule is O=C(C=Cc1ccc(-c2ccccc2)s1)NC1CCS(=O)(=O)C1. The van der Waals surface area contributed by atoms with E-state index in [-0.39, 0.29) is 23.5 Å². The lowest BCUT2D eigenvalue weighted by Crippen LogP contribution is -2.34. The molecule has 0 aliphatic carbocycles. The van der Waals surface area contributed by atoms with Crippen molar-refractivity contribution in [3.63, 3.8) is 0 Å². The molecule has 0 bridgehead atoms. The molecule has 3 rings (SSSR count). The highest BCUT2D eigenvalue weighted by atomic mass is 32.2. The lowest BCUT2D eigenvalue weighted by molar-refractivity contribution is -0.116. The molecule has 1 aromatic carbocycles. The van der Waals surface area contributed by atoms with Gasteiger partial charge in [-0.2, -0.15) is 0 Å². The molecule has 1 fully saturated rings. The lowest BCUT2D eigenvalue weighted by Gasteiger charge is -2.07. The Hall–Kier alpha value is -1.92. The van der Waals surface area contributed by atoms with Gasteiger partial charge in [-0.25, -0.2) is 8.42 Å². The van der Waals surface area contributed by atoms with Crippen molar-refractivity contribution in [2.45, 2.75) is 12.5 Å². The number of carbonyl (C=O) groups is 1. The average Bonchev–Trinajstić information content (AvgIpc) is 3.13. The Morgan fingerprint density at radius 3 is 2.65 bits per heavy atom. The zero-order valence-corrected chi connectivity index (χ0v) is 14.1. The van der Waals surface area contributed by atoms with Gasteiger partial charge in [0.2, 0.25) is 5.91 Å². The van der Waals surface area contributed by atoms with Crippen LogP contribution in [-0.2, 0) is 14.6 Å². The topological polar surface area (TPSA) is 63.2 Å². The van der Waals surface area contributed by atoms with Crippen molar-refractivity contribution in [2.75, 3.05) is 11.5 Å². The highest BCUT2D eigenvalue weighted by molar-refractivity contribution is 7.91. The van der Waals surface area contributed by atoms with Crippen LogP contribution in [0.1, 0.15) is 11.3 Å². The van der Waals surface area contributed by atoms with Crippen LogP contribution in [0, 0.1) is 0 Å². The third-order valence-electron chi connectivity index (χ3n) is 3.66. The standard InChI is InChI=1S/C17H17NO3S2/c19-17(18-14-10-11-23(20,21)12-14)9-7-15-6-8-16(22-15)13-4-2-1-3-5-13/h1-9,14H,10-12H2,(H,18,19). The second-order valence-electron chi connectivity index (χ2n) is 5.51. The molecule has 6 heteroatoms. The van der Waals surface area contributed by atoms with Crippen LogP contribution in [-0.4, -0.2) is 31.9 Å². The van der Waals surface area contributed by atoms with Crippen LogP contribution in [0.15, 0.2) is 48.5 Å². The van der Waals surface area contributed by atoms with E-state index in [1.807, 2.05) is 42.5 Å². The second-order valence-corrected chi connectivity index (χ2v) is 8.85. The monoisotopic (exact) mass is 347 g/mol. The maximum atomic E-state index is 11.9. The molecular formula is C17H17NO3S2. The number of nitrogens with one attached hydrogen (secondary N) is 1. The quantitative estimate of drug-likeness (QED) is 0.865. The minimum absolute atomic E-state index is 0.0454. The third kappa shape index (κ3) is 4.30. The summed E-state index contributed by atoms with van der Waals surface area (Å²) in [5, 5.41) is 2.74. The first kappa shape index (κ1) is 16.0. The van der Waals surface area contributed by atoms with Gasteiger partial charge < -0.3 is 5.32 Å². The predicted octanol–water partition coefficient (Wildman–Crippen LogP) is 2.73. The summed E-state index contributed by atoms with van der Waals surface area (Å²) in [6.07, 6.45) is 3.72. The molecule has 1 N–H and O–H groups in total. The van der Waals surface area contributed by atoms with Gasteiger partial charge in [0.15, 0.2) is 9.84 Å². The maximum Gasteiger partial charge on any atom is 0.244 e. The summed E-state index contributed by atoms with van der Waals surface area (Å²) in [6, 6.07) is 13.8. The molecule has 120 valence electrons. The highest BCUT2D eigenvalue weighted by Gasteiger charge is 2.28. The minimum Gasteiger partial charge on any atom is -0.349 e. The van der Waals surface area contributed by atoms with Crippen LogP contribution in [0.5, 0.6) is 0 Å². The summed E-state index contributed by atoms with van der Waals surface area (Å²) in [4.78, 5) is 14.0. The normalized spacial score (nSPS) is 19.9. The third-order valence-corrected chi connectivity index (χ3v) is 6.53. The van der Waals surface area contributed by atoms with Crippen LogP contribution in [0.4, 0.5) is 0 Å². The smallest absolute Gasteiger partial charge is 0.244 e. The molecule has 2 aromatic rings. The van der Waals surface area contributed by atoms with E-state index >= 15 is 0 Å². The number of rotatable bonds is 4. The molecule has 0 saturated carbocycles. The minimum atomic E-state index is -2.97. The fourth-order valence-electron chi connectivity index (χ4n) is 2.52. The number of thiophene rings is 1. The first-order chi connectivity index (χ1) is 11.0. The zero-order valence-electron chi connectivity index (χ0n) is 12.4. The highest BCUT2D eigenvalue weighted by Crippen LogP contribution is 2.28. The lowest BCUT2D eigenvalue weighted by atomic mass is 10.2. The van der Waals surface area contributed by atoms with E-state index in [2.05, 4.69) is 5.32 Å². The van der Waals surface area contributed by atoms with Crippen molar-refractivity contribution >= 4 is 33.2 Å². The van der Waals surface area contributed by atoms with Gasteiger partial charge in [-0.3, -0.25) is 4.79 Å². The van der Waals surface area contributed by atoms with Crippen LogP contribution >= 0.6 is 11.3 Å². The van der Waals surface area contributed by atoms with Crippen molar-refractivity contribution in [1.29, 1.82) is 0 Å². The molecule has 1 saturated heterocycles. The molecule has 2 heterocycles. The molecule has 1 aliphatic rings. The Labute approximate surface area is 139 Å². The molecule has 4 nitrogen and oxygen atoms in total. The number of benzene rings is 1. The maximum absolute atomic E-state index is 11.9.